The maximum absolute atomic E-state index is 12.5. The van der Waals surface area contributed by atoms with Crippen LogP contribution in [0.5, 0.6) is 0 Å². The highest BCUT2D eigenvalue weighted by Gasteiger charge is 2.22. The molecule has 1 aromatic carbocycles. The van der Waals surface area contributed by atoms with Gasteiger partial charge in [0.1, 0.15) is 5.69 Å². The molecule has 1 saturated heterocycles. The first kappa shape index (κ1) is 18.1. The molecule has 1 fully saturated rings. The number of hydrogen-bond acceptors (Lipinski definition) is 4. The fourth-order valence-electron chi connectivity index (χ4n) is 2.55. The lowest BCUT2D eigenvalue weighted by molar-refractivity contribution is 0.0930. The van der Waals surface area contributed by atoms with Gasteiger partial charge in [-0.05, 0) is 36.5 Å². The van der Waals surface area contributed by atoms with Crippen molar-refractivity contribution < 1.29 is 9.59 Å². The van der Waals surface area contributed by atoms with Gasteiger partial charge in [-0.2, -0.15) is 16.9 Å². The van der Waals surface area contributed by atoms with E-state index in [1.54, 1.807) is 18.2 Å². The number of benzene rings is 1. The van der Waals surface area contributed by atoms with Crippen LogP contribution in [0.2, 0.25) is 10.0 Å². The molecule has 0 radical (unpaired) electrons. The second-order valence-corrected chi connectivity index (χ2v) is 7.61. The number of anilines is 1. The molecule has 2 aromatic rings. The SMILES string of the molecule is O=C(NC1CCSCC1)c1[nH]ncc1NC(=O)c1c(Cl)cccc1Cl. The van der Waals surface area contributed by atoms with E-state index in [2.05, 4.69) is 20.8 Å². The standard InChI is InChI=1S/C16H16Cl2N4O2S/c17-10-2-1-3-11(18)13(10)15(23)21-12-8-19-22-14(12)16(24)20-9-4-6-25-7-5-9/h1-3,8-9H,4-7H2,(H,19,22)(H,20,24)(H,21,23). The van der Waals surface area contributed by atoms with Crippen molar-refractivity contribution in [2.45, 2.75) is 18.9 Å². The number of halogens is 2. The van der Waals surface area contributed by atoms with Gasteiger partial charge in [0.15, 0.2) is 0 Å². The summed E-state index contributed by atoms with van der Waals surface area (Å²) in [5.74, 6) is 1.26. The van der Waals surface area contributed by atoms with Crippen LogP contribution in [0.1, 0.15) is 33.7 Å². The van der Waals surface area contributed by atoms with Crippen LogP contribution in [-0.2, 0) is 0 Å². The molecule has 0 saturated carbocycles. The predicted molar refractivity (Wildman–Crippen MR) is 101 cm³/mol. The highest BCUT2D eigenvalue weighted by Crippen LogP contribution is 2.26. The minimum absolute atomic E-state index is 0.138. The maximum Gasteiger partial charge on any atom is 0.271 e. The molecule has 1 aliphatic heterocycles. The summed E-state index contributed by atoms with van der Waals surface area (Å²) < 4.78 is 0. The van der Waals surface area contributed by atoms with Gasteiger partial charge >= 0.3 is 0 Å². The average Bonchev–Trinajstić information content (AvgIpc) is 3.04. The first-order chi connectivity index (χ1) is 12.1. The van der Waals surface area contributed by atoms with Crippen molar-refractivity contribution in [2.75, 3.05) is 16.8 Å². The van der Waals surface area contributed by atoms with Gasteiger partial charge in [0.25, 0.3) is 11.8 Å². The molecule has 25 heavy (non-hydrogen) atoms. The molecule has 0 bridgehead atoms. The van der Waals surface area contributed by atoms with E-state index in [1.807, 2.05) is 11.8 Å². The topological polar surface area (TPSA) is 86.9 Å². The summed E-state index contributed by atoms with van der Waals surface area (Å²) in [5, 5.41) is 12.6. The van der Waals surface area contributed by atoms with Crippen LogP contribution in [0.15, 0.2) is 24.4 Å². The first-order valence-electron chi connectivity index (χ1n) is 7.73. The lowest BCUT2D eigenvalue weighted by atomic mass is 10.1. The van der Waals surface area contributed by atoms with Crippen LogP contribution in [0.4, 0.5) is 5.69 Å². The zero-order valence-electron chi connectivity index (χ0n) is 13.1. The van der Waals surface area contributed by atoms with Crippen molar-refractivity contribution in [2.24, 2.45) is 0 Å². The number of rotatable bonds is 4. The molecule has 2 heterocycles. The molecule has 132 valence electrons. The summed E-state index contributed by atoms with van der Waals surface area (Å²) in [5.41, 5.74) is 0.640. The zero-order chi connectivity index (χ0) is 17.8. The third-order valence-electron chi connectivity index (χ3n) is 3.86. The lowest BCUT2D eigenvalue weighted by Crippen LogP contribution is -2.37. The molecular formula is C16H16Cl2N4O2S. The Labute approximate surface area is 159 Å². The number of nitrogens with one attached hydrogen (secondary N) is 3. The normalized spacial score (nSPS) is 15.0. The molecule has 3 rings (SSSR count). The van der Waals surface area contributed by atoms with Crippen molar-refractivity contribution in [3.63, 3.8) is 0 Å². The number of thioether (sulfide) groups is 1. The van der Waals surface area contributed by atoms with Gasteiger partial charge in [0.05, 0.1) is 27.5 Å². The van der Waals surface area contributed by atoms with Crippen molar-refractivity contribution in [1.29, 1.82) is 0 Å². The van der Waals surface area contributed by atoms with E-state index in [9.17, 15) is 9.59 Å². The summed E-state index contributed by atoms with van der Waals surface area (Å²) >= 11 is 14.0. The predicted octanol–water partition coefficient (Wildman–Crippen LogP) is 3.59. The number of aromatic nitrogens is 2. The lowest BCUT2D eigenvalue weighted by Gasteiger charge is -2.22. The van der Waals surface area contributed by atoms with Crippen molar-refractivity contribution in [3.05, 3.63) is 45.7 Å². The van der Waals surface area contributed by atoms with E-state index in [0.29, 0.717) is 0 Å². The molecule has 0 unspecified atom stereocenters. The van der Waals surface area contributed by atoms with Crippen LogP contribution in [0.25, 0.3) is 0 Å². The maximum atomic E-state index is 12.5. The fraction of sp³-hybridized carbons (Fsp3) is 0.312. The Kier molecular flexibility index (Phi) is 5.88. The van der Waals surface area contributed by atoms with Gasteiger partial charge in [-0.3, -0.25) is 14.7 Å². The quantitative estimate of drug-likeness (QED) is 0.733. The van der Waals surface area contributed by atoms with E-state index in [1.165, 1.54) is 6.20 Å². The number of aromatic amines is 1. The smallest absolute Gasteiger partial charge is 0.271 e. The molecule has 3 N–H and O–H groups in total. The van der Waals surface area contributed by atoms with Crippen molar-refractivity contribution in [3.8, 4) is 0 Å². The van der Waals surface area contributed by atoms with Gasteiger partial charge in [-0.1, -0.05) is 29.3 Å². The molecule has 0 atom stereocenters. The Bertz CT molecular complexity index is 770. The Hall–Kier alpha value is -1.70. The summed E-state index contributed by atoms with van der Waals surface area (Å²) in [6, 6.07) is 4.94. The second-order valence-electron chi connectivity index (χ2n) is 5.57. The second kappa shape index (κ2) is 8.12. The van der Waals surface area contributed by atoms with E-state index in [0.717, 1.165) is 24.3 Å². The summed E-state index contributed by atoms with van der Waals surface area (Å²) in [7, 11) is 0. The summed E-state index contributed by atoms with van der Waals surface area (Å²) in [4.78, 5) is 24.9. The molecule has 9 heteroatoms. The minimum Gasteiger partial charge on any atom is -0.348 e. The van der Waals surface area contributed by atoms with E-state index < -0.39 is 5.91 Å². The van der Waals surface area contributed by atoms with Crippen LogP contribution >= 0.6 is 35.0 Å². The number of amides is 2. The number of carbonyl (C=O) groups excluding carboxylic acids is 2. The first-order valence-corrected chi connectivity index (χ1v) is 9.64. The van der Waals surface area contributed by atoms with Gasteiger partial charge in [0.2, 0.25) is 0 Å². The Morgan fingerprint density at radius 1 is 1.16 bits per heavy atom. The third-order valence-corrected chi connectivity index (χ3v) is 5.54. The van der Waals surface area contributed by atoms with Gasteiger partial charge < -0.3 is 10.6 Å². The van der Waals surface area contributed by atoms with E-state index in [-0.39, 0.29) is 38.9 Å². The number of carbonyl (C=O) groups is 2. The third kappa shape index (κ3) is 4.29. The van der Waals surface area contributed by atoms with Gasteiger partial charge in [0, 0.05) is 6.04 Å². The molecule has 1 aliphatic rings. The van der Waals surface area contributed by atoms with E-state index in [4.69, 9.17) is 23.2 Å². The van der Waals surface area contributed by atoms with Crippen molar-refractivity contribution >= 4 is 52.5 Å². The van der Waals surface area contributed by atoms with Crippen LogP contribution in [0.3, 0.4) is 0 Å². The molecule has 6 nitrogen and oxygen atoms in total. The Balaban J connectivity index is 1.73. The highest BCUT2D eigenvalue weighted by atomic mass is 35.5. The number of H-pyrrole nitrogens is 1. The molecule has 0 spiro atoms. The number of hydrogen-bond donors (Lipinski definition) is 3. The molecule has 1 aromatic heterocycles. The summed E-state index contributed by atoms with van der Waals surface area (Å²) in [6.45, 7) is 0. The molecular weight excluding hydrogens is 383 g/mol. The van der Waals surface area contributed by atoms with Crippen LogP contribution in [0, 0.1) is 0 Å². The largest absolute Gasteiger partial charge is 0.348 e. The minimum atomic E-state index is -0.500. The van der Waals surface area contributed by atoms with Crippen LogP contribution in [-0.4, -0.2) is 39.6 Å². The average molecular weight is 399 g/mol. The summed E-state index contributed by atoms with van der Waals surface area (Å²) in [6.07, 6.45) is 3.25. The monoisotopic (exact) mass is 398 g/mol. The van der Waals surface area contributed by atoms with Crippen LogP contribution < -0.4 is 10.6 Å². The zero-order valence-corrected chi connectivity index (χ0v) is 15.5. The molecule has 0 aliphatic carbocycles. The van der Waals surface area contributed by atoms with Gasteiger partial charge in [-0.15, -0.1) is 0 Å². The number of nitrogens with zero attached hydrogens (tertiary/aromatic N) is 1. The molecule has 2 amide bonds. The Morgan fingerprint density at radius 3 is 2.52 bits per heavy atom. The van der Waals surface area contributed by atoms with Gasteiger partial charge in [-0.25, -0.2) is 0 Å². The Morgan fingerprint density at radius 2 is 1.84 bits per heavy atom. The van der Waals surface area contributed by atoms with Crippen molar-refractivity contribution in [1.82, 2.24) is 15.5 Å². The van der Waals surface area contributed by atoms with E-state index >= 15 is 0 Å². The highest BCUT2D eigenvalue weighted by molar-refractivity contribution is 7.99. The fourth-order valence-corrected chi connectivity index (χ4v) is 4.23.